The Kier molecular flexibility index (Phi) is 5.53. The van der Waals surface area contributed by atoms with Crippen LogP contribution in [0, 0.1) is 11.6 Å². The number of nitrogens with zero attached hydrogens (tertiary/aromatic N) is 3. The molecule has 2 bridgehead atoms. The number of hydrogen-bond donors (Lipinski definition) is 1. The van der Waals surface area contributed by atoms with Gasteiger partial charge in [-0.2, -0.15) is 4.39 Å². The molecule has 1 N–H and O–H groups in total. The van der Waals surface area contributed by atoms with Crippen LogP contribution in [0.15, 0.2) is 71.7 Å². The lowest BCUT2D eigenvalue weighted by Crippen LogP contribution is -2.55. The van der Waals surface area contributed by atoms with E-state index in [1.807, 2.05) is 30.3 Å². The zero-order chi connectivity index (χ0) is 23.8. The van der Waals surface area contributed by atoms with Gasteiger partial charge in [0, 0.05) is 24.4 Å². The smallest absolute Gasteiger partial charge is 0.277 e. The lowest BCUT2D eigenvalue weighted by Gasteiger charge is -2.44. The number of ether oxygens (including phenoxy) is 1. The molecule has 1 amide bonds. The Hall–Kier alpha value is -4.14. The maximum atomic E-state index is 15.0. The molecule has 9 heteroatoms. The molecule has 174 valence electrons. The number of fused-ring (bicyclic) bond motifs is 5. The van der Waals surface area contributed by atoms with Gasteiger partial charge in [0.05, 0.1) is 0 Å². The first-order valence-electron chi connectivity index (χ1n) is 10.8. The maximum absolute atomic E-state index is 15.0. The van der Waals surface area contributed by atoms with E-state index < -0.39 is 34.8 Å². The molecular weight excluding hydrogens is 444 g/mol. The summed E-state index contributed by atoms with van der Waals surface area (Å²) in [5, 5.41) is 12.3. The molecule has 1 aromatic heterocycles. The standard InChI is InChI=1S/C25H21F2N3O4/c26-18-10-9-17-21(16-7-3-1-4-8-16)30-15-28(12-5-2-6-14-34-24(17)20(18)27)25(33)22-23(32)19(31)11-13-29(22)30/h1-4,6-11,13,21,32H,5,12,14-15H2/b6-2+/t21-/m0/s1. The Balaban J connectivity index is 1.81. The van der Waals surface area contributed by atoms with E-state index in [1.165, 1.54) is 21.8 Å². The van der Waals surface area contributed by atoms with Crippen molar-refractivity contribution in [2.24, 2.45) is 0 Å². The van der Waals surface area contributed by atoms with Crippen LogP contribution in [0.3, 0.4) is 0 Å². The summed E-state index contributed by atoms with van der Waals surface area (Å²) in [6, 6.07) is 12.0. The van der Waals surface area contributed by atoms with Gasteiger partial charge >= 0.3 is 0 Å². The van der Waals surface area contributed by atoms with E-state index in [1.54, 1.807) is 17.2 Å². The first kappa shape index (κ1) is 21.7. The molecule has 0 fully saturated rings. The van der Waals surface area contributed by atoms with Crippen molar-refractivity contribution in [2.75, 3.05) is 24.8 Å². The summed E-state index contributed by atoms with van der Waals surface area (Å²) >= 11 is 0. The predicted molar refractivity (Wildman–Crippen MR) is 120 cm³/mol. The SMILES string of the molecule is O=C1c2c(O)c(=O)ccn2N2CN1CC/C=C/COc1c(ccc(F)c1F)[C@@H]2c1ccccc1. The van der Waals surface area contributed by atoms with Gasteiger partial charge in [-0.1, -0.05) is 42.5 Å². The van der Waals surface area contributed by atoms with Crippen molar-refractivity contribution in [2.45, 2.75) is 12.5 Å². The minimum atomic E-state index is -1.11. The van der Waals surface area contributed by atoms with E-state index >= 15 is 4.39 Å². The van der Waals surface area contributed by atoms with Gasteiger partial charge in [-0.3, -0.25) is 19.3 Å². The molecule has 0 unspecified atom stereocenters. The van der Waals surface area contributed by atoms with Crippen LogP contribution in [0.1, 0.15) is 34.1 Å². The lowest BCUT2D eigenvalue weighted by molar-refractivity contribution is 0.0682. The summed E-state index contributed by atoms with van der Waals surface area (Å²) < 4.78 is 36.3. The molecule has 5 rings (SSSR count). The highest BCUT2D eigenvalue weighted by Crippen LogP contribution is 2.38. The van der Waals surface area contributed by atoms with Crippen LogP contribution in [-0.2, 0) is 0 Å². The van der Waals surface area contributed by atoms with Crippen molar-refractivity contribution < 1.29 is 23.4 Å². The number of rotatable bonds is 1. The molecule has 7 nitrogen and oxygen atoms in total. The number of amides is 1. The zero-order valence-electron chi connectivity index (χ0n) is 18.0. The topological polar surface area (TPSA) is 75.0 Å². The molecule has 34 heavy (non-hydrogen) atoms. The molecule has 0 radical (unpaired) electrons. The Morgan fingerprint density at radius 3 is 2.59 bits per heavy atom. The highest BCUT2D eigenvalue weighted by molar-refractivity contribution is 5.96. The molecule has 3 heterocycles. The van der Waals surface area contributed by atoms with Gasteiger partial charge in [0.15, 0.2) is 23.0 Å². The molecule has 2 aliphatic rings. The molecule has 2 aromatic carbocycles. The van der Waals surface area contributed by atoms with E-state index in [2.05, 4.69) is 0 Å². The van der Waals surface area contributed by atoms with Crippen LogP contribution < -0.4 is 15.2 Å². The third-order valence-electron chi connectivity index (χ3n) is 5.98. The number of hydrogen-bond acceptors (Lipinski definition) is 5. The molecule has 3 aromatic rings. The number of benzene rings is 2. The van der Waals surface area contributed by atoms with E-state index in [4.69, 9.17) is 4.74 Å². The first-order valence-corrected chi connectivity index (χ1v) is 10.8. The summed E-state index contributed by atoms with van der Waals surface area (Å²) in [7, 11) is 0. The number of carbonyl (C=O) groups excluding carboxylic acids is 1. The van der Waals surface area contributed by atoms with Gasteiger partial charge < -0.3 is 14.7 Å². The molecule has 0 saturated carbocycles. The second-order valence-electron chi connectivity index (χ2n) is 8.04. The first-order chi connectivity index (χ1) is 16.5. The molecule has 2 aliphatic heterocycles. The van der Waals surface area contributed by atoms with Crippen molar-refractivity contribution in [1.82, 2.24) is 9.58 Å². The number of halogens is 2. The predicted octanol–water partition coefficient (Wildman–Crippen LogP) is 3.31. The fourth-order valence-corrected chi connectivity index (χ4v) is 4.37. The quantitative estimate of drug-likeness (QED) is 0.559. The average Bonchev–Trinajstić information content (AvgIpc) is 2.84. The van der Waals surface area contributed by atoms with Gasteiger partial charge in [-0.15, -0.1) is 0 Å². The summed E-state index contributed by atoms with van der Waals surface area (Å²) in [5.74, 6) is -3.56. The highest BCUT2D eigenvalue weighted by atomic mass is 19.2. The molecule has 0 spiro atoms. The van der Waals surface area contributed by atoms with Gasteiger partial charge in [-0.05, 0) is 24.1 Å². The van der Waals surface area contributed by atoms with Crippen molar-refractivity contribution in [3.8, 4) is 11.5 Å². The van der Waals surface area contributed by atoms with Gasteiger partial charge in [0.2, 0.25) is 11.2 Å². The average molecular weight is 465 g/mol. The second-order valence-corrected chi connectivity index (χ2v) is 8.04. The summed E-state index contributed by atoms with van der Waals surface area (Å²) in [5.41, 5.74) is 0.170. The van der Waals surface area contributed by atoms with Crippen molar-refractivity contribution in [1.29, 1.82) is 0 Å². The third kappa shape index (κ3) is 3.59. The van der Waals surface area contributed by atoms with Crippen LogP contribution in [0.4, 0.5) is 8.78 Å². The Labute approximate surface area is 193 Å². The highest BCUT2D eigenvalue weighted by Gasteiger charge is 2.38. The lowest BCUT2D eigenvalue weighted by atomic mass is 9.96. The minimum Gasteiger partial charge on any atom is -0.502 e. The van der Waals surface area contributed by atoms with Crippen LogP contribution in [0.2, 0.25) is 0 Å². The van der Waals surface area contributed by atoms with Crippen molar-refractivity contribution in [3.63, 3.8) is 0 Å². The van der Waals surface area contributed by atoms with Gasteiger partial charge in [0.1, 0.15) is 19.3 Å². The number of pyridine rings is 1. The Morgan fingerprint density at radius 1 is 1.00 bits per heavy atom. The van der Waals surface area contributed by atoms with Crippen molar-refractivity contribution in [3.05, 3.63) is 106 Å². The minimum absolute atomic E-state index is 0.0207. The molecular formula is C25H21F2N3O4. The number of aromatic nitrogens is 1. The maximum Gasteiger partial charge on any atom is 0.277 e. The fraction of sp³-hybridized carbons (Fsp3) is 0.200. The van der Waals surface area contributed by atoms with Crippen LogP contribution >= 0.6 is 0 Å². The largest absolute Gasteiger partial charge is 0.502 e. The number of aromatic hydroxyl groups is 1. The van der Waals surface area contributed by atoms with Crippen molar-refractivity contribution >= 4 is 5.91 Å². The summed E-state index contributed by atoms with van der Waals surface area (Å²) in [6.45, 7) is 0.410. The molecule has 0 aliphatic carbocycles. The van der Waals surface area contributed by atoms with E-state index in [9.17, 15) is 19.1 Å². The van der Waals surface area contributed by atoms with Crippen LogP contribution in [0.5, 0.6) is 11.5 Å². The zero-order valence-corrected chi connectivity index (χ0v) is 18.0. The monoisotopic (exact) mass is 465 g/mol. The summed E-state index contributed by atoms with van der Waals surface area (Å²) in [4.78, 5) is 26.9. The van der Waals surface area contributed by atoms with Gasteiger partial charge in [-0.25, -0.2) is 4.39 Å². The second kappa shape index (κ2) is 8.66. The Morgan fingerprint density at radius 2 is 1.79 bits per heavy atom. The summed E-state index contributed by atoms with van der Waals surface area (Å²) in [6.07, 6.45) is 5.32. The van der Waals surface area contributed by atoms with E-state index in [-0.39, 0.29) is 24.7 Å². The fourth-order valence-electron chi connectivity index (χ4n) is 4.37. The Bertz CT molecular complexity index is 1340. The van der Waals surface area contributed by atoms with Crippen LogP contribution in [0.25, 0.3) is 0 Å². The van der Waals surface area contributed by atoms with E-state index in [0.717, 1.165) is 12.1 Å². The van der Waals surface area contributed by atoms with Crippen LogP contribution in [-0.4, -0.2) is 40.4 Å². The third-order valence-corrected chi connectivity index (χ3v) is 5.98. The molecule has 1 atom stereocenters. The normalized spacial score (nSPS) is 18.8. The molecule has 0 saturated heterocycles. The number of carbonyl (C=O) groups is 1. The van der Waals surface area contributed by atoms with Gasteiger partial charge in [0.25, 0.3) is 5.91 Å². The van der Waals surface area contributed by atoms with E-state index in [0.29, 0.717) is 24.1 Å².